The Labute approximate surface area is 74.2 Å². The molecule has 0 amide bonds. The lowest BCUT2D eigenvalue weighted by molar-refractivity contribution is 0.167. The van der Waals surface area contributed by atoms with Gasteiger partial charge in [-0.15, -0.1) is 0 Å². The summed E-state index contributed by atoms with van der Waals surface area (Å²) in [6.45, 7) is 2.32. The third-order valence-electron chi connectivity index (χ3n) is 4.53. The van der Waals surface area contributed by atoms with Crippen molar-refractivity contribution in [1.29, 1.82) is 0 Å². The first kappa shape index (κ1) is 7.37. The Kier molecular flexibility index (Phi) is 1.39. The minimum absolute atomic E-state index is 0.0381. The first-order chi connectivity index (χ1) is 5.75. The molecule has 0 aromatic rings. The molecule has 3 saturated carbocycles. The van der Waals surface area contributed by atoms with Crippen LogP contribution in [0.15, 0.2) is 0 Å². The number of fused-ring (bicyclic) bond motifs is 5. The highest BCUT2D eigenvalue weighted by atomic mass is 16.3. The Morgan fingerprint density at radius 1 is 1.17 bits per heavy atom. The number of aliphatic hydroxyl groups is 1. The van der Waals surface area contributed by atoms with Crippen molar-refractivity contribution in [1.82, 2.24) is 0 Å². The van der Waals surface area contributed by atoms with Crippen LogP contribution in [-0.4, -0.2) is 11.2 Å². The van der Waals surface area contributed by atoms with Crippen LogP contribution in [0.25, 0.3) is 0 Å². The molecule has 1 nitrogen and oxygen atoms in total. The number of aliphatic hydroxyl groups excluding tert-OH is 1. The van der Waals surface area contributed by atoms with Crippen molar-refractivity contribution in [2.75, 3.05) is 0 Å². The van der Waals surface area contributed by atoms with Crippen LogP contribution < -0.4 is 0 Å². The lowest BCUT2D eigenvalue weighted by Gasteiger charge is -2.28. The molecule has 1 N–H and O–H groups in total. The molecule has 0 spiro atoms. The maximum Gasteiger partial charge on any atom is 0.0546 e. The van der Waals surface area contributed by atoms with Crippen LogP contribution in [-0.2, 0) is 0 Å². The Morgan fingerprint density at radius 3 is 2.75 bits per heavy atom. The second-order valence-corrected chi connectivity index (χ2v) is 5.11. The summed E-state index contributed by atoms with van der Waals surface area (Å²) < 4.78 is 0. The van der Waals surface area contributed by atoms with Crippen LogP contribution in [0.3, 0.4) is 0 Å². The molecule has 3 rings (SSSR count). The predicted octanol–water partition coefficient (Wildman–Crippen LogP) is 2.01. The fourth-order valence-electron chi connectivity index (χ4n) is 4.12. The van der Waals surface area contributed by atoms with E-state index in [0.29, 0.717) is 0 Å². The van der Waals surface area contributed by atoms with E-state index in [4.69, 9.17) is 0 Å². The molecule has 0 aliphatic heterocycles. The van der Waals surface area contributed by atoms with Gasteiger partial charge in [-0.05, 0) is 55.3 Å². The highest BCUT2D eigenvalue weighted by molar-refractivity contribution is 5.14. The highest BCUT2D eigenvalue weighted by Crippen LogP contribution is 2.61. The summed E-state index contributed by atoms with van der Waals surface area (Å²) in [5, 5.41) is 9.58. The van der Waals surface area contributed by atoms with E-state index in [1.165, 1.54) is 12.8 Å². The highest BCUT2D eigenvalue weighted by Gasteiger charge is 2.54. The van der Waals surface area contributed by atoms with Crippen molar-refractivity contribution in [2.45, 2.75) is 38.7 Å². The van der Waals surface area contributed by atoms with Gasteiger partial charge in [0, 0.05) is 0 Å². The summed E-state index contributed by atoms with van der Waals surface area (Å²) >= 11 is 0. The zero-order valence-electron chi connectivity index (χ0n) is 7.66. The molecule has 0 heterocycles. The molecule has 3 fully saturated rings. The van der Waals surface area contributed by atoms with E-state index >= 15 is 0 Å². The molecule has 5 unspecified atom stereocenters. The normalized spacial score (nSPS) is 58.0. The summed E-state index contributed by atoms with van der Waals surface area (Å²) in [5.41, 5.74) is 0. The average Bonchev–Trinajstić information content (AvgIpc) is 2.57. The van der Waals surface area contributed by atoms with Crippen molar-refractivity contribution in [3.05, 3.63) is 5.92 Å². The first-order valence-electron chi connectivity index (χ1n) is 5.26. The van der Waals surface area contributed by atoms with Gasteiger partial charge in [0.2, 0.25) is 0 Å². The maximum absolute atomic E-state index is 9.58. The smallest absolute Gasteiger partial charge is 0.0546 e. The molecule has 3 aliphatic carbocycles. The van der Waals surface area contributed by atoms with E-state index in [0.717, 1.165) is 36.5 Å². The zero-order chi connectivity index (χ0) is 8.29. The van der Waals surface area contributed by atoms with Gasteiger partial charge in [0.25, 0.3) is 0 Å². The Hall–Kier alpha value is -0.0400. The van der Waals surface area contributed by atoms with Gasteiger partial charge in [0.15, 0.2) is 0 Å². The summed E-state index contributed by atoms with van der Waals surface area (Å²) in [4.78, 5) is 0. The van der Waals surface area contributed by atoms with E-state index < -0.39 is 0 Å². The third kappa shape index (κ3) is 0.783. The minimum Gasteiger partial charge on any atom is -0.393 e. The number of rotatable bonds is 0. The zero-order valence-corrected chi connectivity index (χ0v) is 7.66. The van der Waals surface area contributed by atoms with Gasteiger partial charge in [-0.2, -0.15) is 0 Å². The lowest BCUT2D eigenvalue weighted by atomic mass is 9.77. The molecule has 3 aliphatic rings. The molecular weight excluding hydrogens is 148 g/mol. The van der Waals surface area contributed by atoms with Crippen LogP contribution in [0, 0.1) is 29.6 Å². The lowest BCUT2D eigenvalue weighted by Crippen LogP contribution is -2.21. The van der Waals surface area contributed by atoms with Gasteiger partial charge in [0.1, 0.15) is 0 Å². The van der Waals surface area contributed by atoms with Gasteiger partial charge < -0.3 is 5.11 Å². The monoisotopic (exact) mass is 165 g/mol. The van der Waals surface area contributed by atoms with Crippen molar-refractivity contribution >= 4 is 0 Å². The average molecular weight is 165 g/mol. The molecule has 2 bridgehead atoms. The second kappa shape index (κ2) is 2.25. The van der Waals surface area contributed by atoms with Crippen LogP contribution in [0.4, 0.5) is 0 Å². The number of hydrogen-bond donors (Lipinski definition) is 1. The molecule has 67 valence electrons. The van der Waals surface area contributed by atoms with Gasteiger partial charge in [0.05, 0.1) is 6.10 Å². The Balaban J connectivity index is 1.86. The fraction of sp³-hybridized carbons (Fsp3) is 0.909. The molecule has 1 radical (unpaired) electrons. The predicted molar refractivity (Wildman–Crippen MR) is 47.4 cm³/mol. The van der Waals surface area contributed by atoms with Crippen LogP contribution in [0.2, 0.25) is 0 Å². The van der Waals surface area contributed by atoms with Crippen LogP contribution >= 0.6 is 0 Å². The molecule has 1 heteroatoms. The van der Waals surface area contributed by atoms with E-state index in [1.807, 2.05) is 0 Å². The van der Waals surface area contributed by atoms with Gasteiger partial charge in [-0.25, -0.2) is 0 Å². The van der Waals surface area contributed by atoms with Crippen molar-refractivity contribution in [3.63, 3.8) is 0 Å². The minimum atomic E-state index is 0.0381. The molecule has 12 heavy (non-hydrogen) atoms. The van der Waals surface area contributed by atoms with Crippen molar-refractivity contribution < 1.29 is 5.11 Å². The third-order valence-corrected chi connectivity index (χ3v) is 4.53. The summed E-state index contributed by atoms with van der Waals surface area (Å²) in [6.07, 6.45) is 5.07. The Morgan fingerprint density at radius 2 is 1.92 bits per heavy atom. The van der Waals surface area contributed by atoms with E-state index in [2.05, 4.69) is 6.92 Å². The van der Waals surface area contributed by atoms with Crippen molar-refractivity contribution in [3.8, 4) is 0 Å². The van der Waals surface area contributed by atoms with Gasteiger partial charge >= 0.3 is 0 Å². The van der Waals surface area contributed by atoms with E-state index in [9.17, 15) is 5.11 Å². The quantitative estimate of drug-likeness (QED) is 0.582. The SMILES string of the molecule is C[C]1CC2CC1C1CC(O)CC21. The molecule has 0 aromatic carbocycles. The largest absolute Gasteiger partial charge is 0.393 e. The van der Waals surface area contributed by atoms with E-state index in [1.54, 1.807) is 5.92 Å². The fourth-order valence-corrected chi connectivity index (χ4v) is 4.12. The van der Waals surface area contributed by atoms with Crippen LogP contribution in [0.5, 0.6) is 0 Å². The van der Waals surface area contributed by atoms with Gasteiger partial charge in [-0.3, -0.25) is 0 Å². The summed E-state index contributed by atoms with van der Waals surface area (Å²) in [7, 11) is 0. The van der Waals surface area contributed by atoms with E-state index in [-0.39, 0.29) is 6.10 Å². The van der Waals surface area contributed by atoms with Crippen molar-refractivity contribution in [2.24, 2.45) is 23.7 Å². The topological polar surface area (TPSA) is 20.2 Å². The Bertz CT molecular complexity index is 197. The molecular formula is C11H17O. The standard InChI is InChI=1S/C11H17O/c1-6-2-7-3-9(6)11-5-8(12)4-10(7)11/h7-12H,2-5H2,1H3. The number of hydrogen-bond acceptors (Lipinski definition) is 1. The molecule has 5 atom stereocenters. The first-order valence-corrected chi connectivity index (χ1v) is 5.26. The van der Waals surface area contributed by atoms with Gasteiger partial charge in [-0.1, -0.05) is 6.92 Å². The summed E-state index contributed by atoms with van der Waals surface area (Å²) in [5.74, 6) is 5.36. The summed E-state index contributed by atoms with van der Waals surface area (Å²) in [6, 6.07) is 0. The molecule has 0 aromatic heterocycles. The van der Waals surface area contributed by atoms with Crippen LogP contribution in [0.1, 0.15) is 32.6 Å². The maximum atomic E-state index is 9.58. The molecule has 0 saturated heterocycles. The second-order valence-electron chi connectivity index (χ2n) is 5.11.